The average molecular weight is 355 g/mol. The Labute approximate surface area is 120 Å². The Morgan fingerprint density at radius 2 is 1.83 bits per heavy atom. The normalized spacial score (nSPS) is 10.2. The molecule has 5 heteroatoms. The van der Waals surface area contributed by atoms with E-state index in [0.717, 1.165) is 32.2 Å². The maximum absolute atomic E-state index is 5.14. The Kier molecular flexibility index (Phi) is 4.00. The van der Waals surface area contributed by atoms with Crippen LogP contribution in [0.4, 0.5) is 5.82 Å². The van der Waals surface area contributed by atoms with Gasteiger partial charge in [-0.15, -0.1) is 0 Å². The molecule has 1 aromatic heterocycles. The first-order chi connectivity index (χ1) is 8.65. The van der Waals surface area contributed by atoms with Gasteiger partial charge in [0, 0.05) is 12.6 Å². The number of ether oxygens (including phenoxy) is 1. The molecule has 0 saturated heterocycles. The van der Waals surface area contributed by atoms with Crippen molar-refractivity contribution in [2.24, 2.45) is 0 Å². The Morgan fingerprint density at radius 1 is 1.17 bits per heavy atom. The molecule has 18 heavy (non-hydrogen) atoms. The zero-order valence-electron chi connectivity index (χ0n) is 10.5. The van der Waals surface area contributed by atoms with E-state index in [-0.39, 0.29) is 0 Å². The fourth-order valence-corrected chi connectivity index (χ4v) is 2.11. The van der Waals surface area contributed by atoms with E-state index >= 15 is 0 Å². The first-order valence-corrected chi connectivity index (χ1v) is 6.60. The summed E-state index contributed by atoms with van der Waals surface area (Å²) >= 11 is 2.24. The van der Waals surface area contributed by atoms with Gasteiger partial charge in [0.1, 0.15) is 11.6 Å². The van der Waals surface area contributed by atoms with Gasteiger partial charge in [0.05, 0.1) is 16.4 Å². The molecular weight excluding hydrogens is 341 g/mol. The highest BCUT2D eigenvalue weighted by Gasteiger charge is 2.09. The molecule has 0 amide bonds. The number of anilines is 1. The van der Waals surface area contributed by atoms with Gasteiger partial charge in [0.25, 0.3) is 0 Å². The highest BCUT2D eigenvalue weighted by atomic mass is 127. The molecule has 1 N–H and O–H groups in total. The van der Waals surface area contributed by atoms with Crippen molar-refractivity contribution in [3.05, 3.63) is 33.5 Å². The van der Waals surface area contributed by atoms with E-state index in [1.807, 2.05) is 38.2 Å². The molecule has 0 bridgehead atoms. The quantitative estimate of drug-likeness (QED) is 0.860. The standard InChI is InChI=1S/C13H14IN3O/c1-8-11(14)13(15-2)17-12(16-8)9-4-6-10(18-3)7-5-9/h4-7H,1-3H3,(H,15,16,17). The molecule has 94 valence electrons. The molecule has 4 nitrogen and oxygen atoms in total. The van der Waals surface area contributed by atoms with Crippen LogP contribution in [0.3, 0.4) is 0 Å². The summed E-state index contributed by atoms with van der Waals surface area (Å²) in [6, 6.07) is 7.73. The molecule has 0 fully saturated rings. The van der Waals surface area contributed by atoms with Crippen LogP contribution in [0.5, 0.6) is 5.75 Å². The lowest BCUT2D eigenvalue weighted by molar-refractivity contribution is 0.415. The summed E-state index contributed by atoms with van der Waals surface area (Å²) in [5, 5.41) is 3.09. The van der Waals surface area contributed by atoms with E-state index in [2.05, 4.69) is 37.9 Å². The number of aromatic nitrogens is 2. The summed E-state index contributed by atoms with van der Waals surface area (Å²) in [6.45, 7) is 1.98. The van der Waals surface area contributed by atoms with Gasteiger partial charge in [0.2, 0.25) is 0 Å². The van der Waals surface area contributed by atoms with Crippen molar-refractivity contribution in [1.29, 1.82) is 0 Å². The Bertz CT molecular complexity index is 555. The Hall–Kier alpha value is -1.37. The average Bonchev–Trinajstić information content (AvgIpc) is 2.42. The number of methoxy groups -OCH3 is 1. The molecule has 0 aliphatic carbocycles. The minimum atomic E-state index is 0.722. The van der Waals surface area contributed by atoms with E-state index in [1.165, 1.54) is 0 Å². The SMILES string of the molecule is CNc1nc(-c2ccc(OC)cc2)nc(C)c1I. The van der Waals surface area contributed by atoms with Gasteiger partial charge in [-0.2, -0.15) is 0 Å². The second-order valence-corrected chi connectivity index (χ2v) is 4.85. The summed E-state index contributed by atoms with van der Waals surface area (Å²) in [4.78, 5) is 9.01. The van der Waals surface area contributed by atoms with Crippen LogP contribution in [-0.4, -0.2) is 24.1 Å². The Morgan fingerprint density at radius 3 is 2.39 bits per heavy atom. The molecule has 2 rings (SSSR count). The van der Waals surface area contributed by atoms with E-state index in [1.54, 1.807) is 7.11 Å². The van der Waals surface area contributed by atoms with Crippen LogP contribution in [0.1, 0.15) is 5.69 Å². The van der Waals surface area contributed by atoms with Crippen LogP contribution < -0.4 is 10.1 Å². The van der Waals surface area contributed by atoms with Gasteiger partial charge in [-0.3, -0.25) is 0 Å². The van der Waals surface area contributed by atoms with Crippen molar-refractivity contribution < 1.29 is 4.74 Å². The molecular formula is C13H14IN3O. The van der Waals surface area contributed by atoms with Crippen LogP contribution in [0, 0.1) is 10.5 Å². The molecule has 1 aromatic carbocycles. The number of hydrogen-bond donors (Lipinski definition) is 1. The monoisotopic (exact) mass is 355 g/mol. The lowest BCUT2D eigenvalue weighted by Crippen LogP contribution is -2.02. The first-order valence-electron chi connectivity index (χ1n) is 5.52. The Balaban J connectivity index is 2.46. The fourth-order valence-electron chi connectivity index (χ4n) is 1.59. The predicted octanol–water partition coefficient (Wildman–Crippen LogP) is 3.11. The minimum absolute atomic E-state index is 0.722. The van der Waals surface area contributed by atoms with Gasteiger partial charge >= 0.3 is 0 Å². The van der Waals surface area contributed by atoms with Gasteiger partial charge in [-0.1, -0.05) is 0 Å². The van der Waals surface area contributed by atoms with E-state index in [0.29, 0.717) is 0 Å². The van der Waals surface area contributed by atoms with Crippen LogP contribution in [-0.2, 0) is 0 Å². The number of hydrogen-bond acceptors (Lipinski definition) is 4. The zero-order chi connectivity index (χ0) is 13.1. The van der Waals surface area contributed by atoms with Crippen molar-refractivity contribution in [2.45, 2.75) is 6.92 Å². The molecule has 0 atom stereocenters. The smallest absolute Gasteiger partial charge is 0.161 e. The zero-order valence-corrected chi connectivity index (χ0v) is 12.6. The van der Waals surface area contributed by atoms with Gasteiger partial charge in [-0.25, -0.2) is 9.97 Å². The summed E-state index contributed by atoms with van der Waals surface area (Å²) < 4.78 is 6.19. The van der Waals surface area contributed by atoms with E-state index in [4.69, 9.17) is 4.74 Å². The number of aryl methyl sites for hydroxylation is 1. The lowest BCUT2D eigenvalue weighted by atomic mass is 10.2. The molecule has 2 aromatic rings. The minimum Gasteiger partial charge on any atom is -0.497 e. The van der Waals surface area contributed by atoms with Crippen LogP contribution in [0.25, 0.3) is 11.4 Å². The largest absolute Gasteiger partial charge is 0.497 e. The summed E-state index contributed by atoms with van der Waals surface area (Å²) in [6.07, 6.45) is 0. The van der Waals surface area contributed by atoms with Gasteiger partial charge in [0.15, 0.2) is 5.82 Å². The predicted molar refractivity (Wildman–Crippen MR) is 81.0 cm³/mol. The van der Waals surface area contributed by atoms with Crippen LogP contribution >= 0.6 is 22.6 Å². The molecule has 1 heterocycles. The van der Waals surface area contributed by atoms with Crippen LogP contribution in [0.2, 0.25) is 0 Å². The third-order valence-electron chi connectivity index (χ3n) is 2.60. The van der Waals surface area contributed by atoms with E-state index < -0.39 is 0 Å². The van der Waals surface area contributed by atoms with E-state index in [9.17, 15) is 0 Å². The van der Waals surface area contributed by atoms with Crippen molar-refractivity contribution in [2.75, 3.05) is 19.5 Å². The second-order valence-electron chi connectivity index (χ2n) is 3.77. The fraction of sp³-hybridized carbons (Fsp3) is 0.231. The summed E-state index contributed by atoms with van der Waals surface area (Å²) in [7, 11) is 3.52. The number of nitrogens with one attached hydrogen (secondary N) is 1. The third-order valence-corrected chi connectivity index (χ3v) is 3.89. The number of benzene rings is 1. The highest BCUT2D eigenvalue weighted by Crippen LogP contribution is 2.24. The number of halogens is 1. The highest BCUT2D eigenvalue weighted by molar-refractivity contribution is 14.1. The van der Waals surface area contributed by atoms with Crippen molar-refractivity contribution in [3.63, 3.8) is 0 Å². The third kappa shape index (κ3) is 2.55. The molecule has 0 aliphatic heterocycles. The summed E-state index contributed by atoms with van der Waals surface area (Å²) in [5.74, 6) is 2.41. The maximum Gasteiger partial charge on any atom is 0.161 e. The van der Waals surface area contributed by atoms with Crippen molar-refractivity contribution in [3.8, 4) is 17.1 Å². The summed E-state index contributed by atoms with van der Waals surface area (Å²) in [5.41, 5.74) is 1.95. The lowest BCUT2D eigenvalue weighted by Gasteiger charge is -2.09. The van der Waals surface area contributed by atoms with Gasteiger partial charge in [-0.05, 0) is 53.8 Å². The maximum atomic E-state index is 5.14. The number of rotatable bonds is 3. The van der Waals surface area contributed by atoms with Crippen molar-refractivity contribution in [1.82, 2.24) is 9.97 Å². The second kappa shape index (κ2) is 5.51. The molecule has 0 saturated carbocycles. The van der Waals surface area contributed by atoms with Crippen molar-refractivity contribution >= 4 is 28.4 Å². The molecule has 0 aliphatic rings. The molecule has 0 unspecified atom stereocenters. The van der Waals surface area contributed by atoms with Crippen LogP contribution in [0.15, 0.2) is 24.3 Å². The molecule has 0 spiro atoms. The first kappa shape index (κ1) is 13.1. The molecule has 0 radical (unpaired) electrons. The van der Waals surface area contributed by atoms with Gasteiger partial charge < -0.3 is 10.1 Å². The number of nitrogens with zero attached hydrogens (tertiary/aromatic N) is 2. The topological polar surface area (TPSA) is 47.0 Å².